The summed E-state index contributed by atoms with van der Waals surface area (Å²) in [6, 6.07) is 3.26. The predicted octanol–water partition coefficient (Wildman–Crippen LogP) is 2.23. The molecule has 21 heavy (non-hydrogen) atoms. The van der Waals surface area contributed by atoms with E-state index in [1.54, 1.807) is 38.7 Å². The molecule has 1 unspecified atom stereocenters. The first-order valence-corrected chi connectivity index (χ1v) is 6.59. The summed E-state index contributed by atoms with van der Waals surface area (Å²) in [7, 11) is 3.13. The molecule has 6 nitrogen and oxygen atoms in total. The van der Waals surface area contributed by atoms with Crippen molar-refractivity contribution >= 4 is 5.91 Å². The largest absolute Gasteiger partial charge is 0.496 e. The fourth-order valence-corrected chi connectivity index (χ4v) is 2.08. The number of H-pyrrole nitrogens is 1. The lowest BCUT2D eigenvalue weighted by Gasteiger charge is -2.15. The molecule has 1 heterocycles. The van der Waals surface area contributed by atoms with Crippen LogP contribution in [0.4, 0.5) is 0 Å². The highest BCUT2D eigenvalue weighted by atomic mass is 16.5. The Balaban J connectivity index is 2.23. The maximum absolute atomic E-state index is 12.3. The van der Waals surface area contributed by atoms with E-state index in [1.165, 1.54) is 0 Å². The van der Waals surface area contributed by atoms with Crippen molar-refractivity contribution < 1.29 is 14.3 Å². The highest BCUT2D eigenvalue weighted by Crippen LogP contribution is 2.29. The van der Waals surface area contributed by atoms with Crippen molar-refractivity contribution in [3.8, 4) is 11.5 Å². The Morgan fingerprint density at radius 2 is 1.90 bits per heavy atom. The molecule has 1 aromatic heterocycles. The highest BCUT2D eigenvalue weighted by molar-refractivity contribution is 5.95. The standard InChI is InChI=1S/C15H19N3O3/c1-9-13(20-3)5-11(6-14(9)21-4)15(19)18-10(2)12-7-16-17-8-12/h5-8,10H,1-4H3,(H,16,17)(H,18,19). The molecule has 0 saturated heterocycles. The SMILES string of the molecule is COc1cc(C(=O)NC(C)c2cn[nH]c2)cc(OC)c1C. The van der Waals surface area contributed by atoms with Crippen LogP contribution >= 0.6 is 0 Å². The van der Waals surface area contributed by atoms with Gasteiger partial charge < -0.3 is 14.8 Å². The second kappa shape index (κ2) is 6.30. The van der Waals surface area contributed by atoms with Crippen LogP contribution in [0, 0.1) is 6.92 Å². The maximum Gasteiger partial charge on any atom is 0.252 e. The number of hydrogen-bond acceptors (Lipinski definition) is 4. The van der Waals surface area contributed by atoms with E-state index >= 15 is 0 Å². The molecule has 0 saturated carbocycles. The van der Waals surface area contributed by atoms with Crippen LogP contribution in [-0.4, -0.2) is 30.3 Å². The molecule has 0 spiro atoms. The molecular weight excluding hydrogens is 270 g/mol. The molecule has 2 aromatic rings. The van der Waals surface area contributed by atoms with Crippen LogP contribution in [-0.2, 0) is 0 Å². The van der Waals surface area contributed by atoms with Gasteiger partial charge in [0.2, 0.25) is 0 Å². The molecule has 0 fully saturated rings. The summed E-state index contributed by atoms with van der Waals surface area (Å²) in [5, 5.41) is 9.51. The van der Waals surface area contributed by atoms with Crippen LogP contribution in [0.2, 0.25) is 0 Å². The first kappa shape index (κ1) is 14.9. The van der Waals surface area contributed by atoms with E-state index in [1.807, 2.05) is 13.8 Å². The topological polar surface area (TPSA) is 76.2 Å². The average molecular weight is 289 g/mol. The van der Waals surface area contributed by atoms with Crippen molar-refractivity contribution in [1.82, 2.24) is 15.5 Å². The summed E-state index contributed by atoms with van der Waals surface area (Å²) < 4.78 is 10.6. The zero-order valence-corrected chi connectivity index (χ0v) is 12.6. The van der Waals surface area contributed by atoms with Gasteiger partial charge in [-0.3, -0.25) is 9.89 Å². The van der Waals surface area contributed by atoms with Crippen molar-refractivity contribution in [1.29, 1.82) is 0 Å². The Kier molecular flexibility index (Phi) is 4.47. The van der Waals surface area contributed by atoms with E-state index in [0.717, 1.165) is 11.1 Å². The number of ether oxygens (including phenoxy) is 2. The monoisotopic (exact) mass is 289 g/mol. The van der Waals surface area contributed by atoms with Gasteiger partial charge in [-0.05, 0) is 26.0 Å². The highest BCUT2D eigenvalue weighted by Gasteiger charge is 2.16. The number of nitrogens with one attached hydrogen (secondary N) is 2. The van der Waals surface area contributed by atoms with Gasteiger partial charge in [0.15, 0.2) is 0 Å². The van der Waals surface area contributed by atoms with E-state index in [4.69, 9.17) is 9.47 Å². The van der Waals surface area contributed by atoms with Gasteiger partial charge in [0, 0.05) is 22.9 Å². The molecule has 1 atom stereocenters. The number of benzene rings is 1. The molecule has 2 N–H and O–H groups in total. The third-order valence-electron chi connectivity index (χ3n) is 3.38. The second-order valence-electron chi connectivity index (χ2n) is 4.73. The van der Waals surface area contributed by atoms with Gasteiger partial charge >= 0.3 is 0 Å². The quantitative estimate of drug-likeness (QED) is 0.885. The Bertz CT molecular complexity index is 598. The van der Waals surface area contributed by atoms with Gasteiger partial charge in [0.25, 0.3) is 5.91 Å². The normalized spacial score (nSPS) is 11.8. The molecule has 1 amide bonds. The number of hydrogen-bond donors (Lipinski definition) is 2. The van der Waals surface area contributed by atoms with Crippen LogP contribution in [0.25, 0.3) is 0 Å². The number of aromatic amines is 1. The summed E-state index contributed by atoms with van der Waals surface area (Å²) in [5.41, 5.74) is 2.26. The molecule has 2 rings (SSSR count). The first-order valence-electron chi connectivity index (χ1n) is 6.59. The van der Waals surface area contributed by atoms with Crippen molar-refractivity contribution in [3.05, 3.63) is 41.2 Å². The Morgan fingerprint density at radius 3 is 2.38 bits per heavy atom. The van der Waals surface area contributed by atoms with Crippen molar-refractivity contribution in [2.24, 2.45) is 0 Å². The summed E-state index contributed by atoms with van der Waals surface area (Å²) in [5.74, 6) is 1.05. The predicted molar refractivity (Wildman–Crippen MR) is 78.8 cm³/mol. The molecule has 0 bridgehead atoms. The number of rotatable bonds is 5. The molecule has 0 aliphatic rings. The number of aromatic nitrogens is 2. The molecule has 6 heteroatoms. The zero-order chi connectivity index (χ0) is 15.4. The minimum absolute atomic E-state index is 0.144. The maximum atomic E-state index is 12.3. The van der Waals surface area contributed by atoms with E-state index in [9.17, 15) is 4.79 Å². The van der Waals surface area contributed by atoms with Gasteiger partial charge in [-0.1, -0.05) is 0 Å². The minimum atomic E-state index is -0.194. The van der Waals surface area contributed by atoms with Gasteiger partial charge in [0.05, 0.1) is 26.5 Å². The van der Waals surface area contributed by atoms with Gasteiger partial charge in [-0.25, -0.2) is 0 Å². The number of nitrogens with zero attached hydrogens (tertiary/aromatic N) is 1. The summed E-state index contributed by atoms with van der Waals surface area (Å²) in [4.78, 5) is 12.3. The van der Waals surface area contributed by atoms with Crippen molar-refractivity contribution in [2.45, 2.75) is 19.9 Å². The fourth-order valence-electron chi connectivity index (χ4n) is 2.08. The molecule has 1 aromatic carbocycles. The lowest BCUT2D eigenvalue weighted by Crippen LogP contribution is -2.26. The Hall–Kier alpha value is -2.50. The minimum Gasteiger partial charge on any atom is -0.496 e. The van der Waals surface area contributed by atoms with Crippen LogP contribution in [0.3, 0.4) is 0 Å². The molecule has 0 aliphatic carbocycles. The van der Waals surface area contributed by atoms with Crippen molar-refractivity contribution in [2.75, 3.05) is 14.2 Å². The lowest BCUT2D eigenvalue weighted by molar-refractivity contribution is 0.0939. The van der Waals surface area contributed by atoms with E-state index in [-0.39, 0.29) is 11.9 Å². The third kappa shape index (κ3) is 3.16. The number of carbonyl (C=O) groups excluding carboxylic acids is 1. The smallest absolute Gasteiger partial charge is 0.252 e. The zero-order valence-electron chi connectivity index (χ0n) is 12.6. The van der Waals surface area contributed by atoms with Crippen LogP contribution in [0.1, 0.15) is 34.5 Å². The second-order valence-corrected chi connectivity index (χ2v) is 4.73. The first-order chi connectivity index (χ1) is 10.1. The average Bonchev–Trinajstić information content (AvgIpc) is 3.01. The van der Waals surface area contributed by atoms with Gasteiger partial charge in [-0.2, -0.15) is 5.10 Å². The summed E-state index contributed by atoms with van der Waals surface area (Å²) >= 11 is 0. The lowest BCUT2D eigenvalue weighted by atomic mass is 10.1. The van der Waals surface area contributed by atoms with E-state index < -0.39 is 0 Å². The van der Waals surface area contributed by atoms with Crippen LogP contribution in [0.15, 0.2) is 24.5 Å². The molecular formula is C15H19N3O3. The van der Waals surface area contributed by atoms with E-state index in [2.05, 4.69) is 15.5 Å². The fraction of sp³-hybridized carbons (Fsp3) is 0.333. The number of carbonyl (C=O) groups is 1. The number of amides is 1. The number of methoxy groups -OCH3 is 2. The Labute approximate surface area is 123 Å². The summed E-state index contributed by atoms with van der Waals surface area (Å²) in [6.45, 7) is 3.78. The van der Waals surface area contributed by atoms with Gasteiger partial charge in [0.1, 0.15) is 11.5 Å². The molecule has 0 aliphatic heterocycles. The molecule has 0 radical (unpaired) electrons. The van der Waals surface area contributed by atoms with Crippen LogP contribution < -0.4 is 14.8 Å². The third-order valence-corrected chi connectivity index (χ3v) is 3.38. The Morgan fingerprint density at radius 1 is 1.29 bits per heavy atom. The molecule has 112 valence electrons. The van der Waals surface area contributed by atoms with Crippen molar-refractivity contribution in [3.63, 3.8) is 0 Å². The van der Waals surface area contributed by atoms with Crippen LogP contribution in [0.5, 0.6) is 11.5 Å². The van der Waals surface area contributed by atoms with Gasteiger partial charge in [-0.15, -0.1) is 0 Å². The summed E-state index contributed by atoms with van der Waals surface area (Å²) in [6.07, 6.45) is 3.43. The van der Waals surface area contributed by atoms with E-state index in [0.29, 0.717) is 17.1 Å².